The number of hydrogen-bond acceptors (Lipinski definition) is 3. The van der Waals surface area contributed by atoms with E-state index in [0.29, 0.717) is 5.91 Å². The summed E-state index contributed by atoms with van der Waals surface area (Å²) in [6.07, 6.45) is 5.92. The molecule has 0 aliphatic carbocycles. The van der Waals surface area contributed by atoms with Crippen molar-refractivity contribution in [2.75, 3.05) is 26.7 Å². The van der Waals surface area contributed by atoms with Crippen molar-refractivity contribution >= 4 is 5.91 Å². The molecule has 3 heterocycles. The number of rotatable bonds is 2. The lowest BCUT2D eigenvalue weighted by molar-refractivity contribution is -0.163. The van der Waals surface area contributed by atoms with Crippen molar-refractivity contribution in [2.24, 2.45) is 12.5 Å². The molecule has 18 heavy (non-hydrogen) atoms. The Morgan fingerprint density at radius 1 is 1.39 bits per heavy atom. The molecule has 3 rings (SSSR count). The number of hydrogen-bond donors (Lipinski definition) is 0. The van der Waals surface area contributed by atoms with Crippen LogP contribution >= 0.6 is 0 Å². The van der Waals surface area contributed by atoms with Crippen LogP contribution < -0.4 is 0 Å². The molecule has 0 saturated carbocycles. The number of piperidine rings is 1. The summed E-state index contributed by atoms with van der Waals surface area (Å²) < 4.78 is 2.05. The van der Waals surface area contributed by atoms with E-state index in [1.807, 2.05) is 31.5 Å². The fourth-order valence-corrected chi connectivity index (χ4v) is 3.34. The summed E-state index contributed by atoms with van der Waals surface area (Å²) >= 11 is 0. The first-order chi connectivity index (χ1) is 8.61. The average Bonchev–Trinajstić information content (AvgIpc) is 2.75. The van der Waals surface area contributed by atoms with E-state index in [1.165, 1.54) is 5.69 Å². The minimum atomic E-state index is -0.0778. The first kappa shape index (κ1) is 11.7. The Labute approximate surface area is 107 Å². The van der Waals surface area contributed by atoms with E-state index in [2.05, 4.69) is 14.5 Å². The Morgan fingerprint density at radius 2 is 2.22 bits per heavy atom. The third kappa shape index (κ3) is 1.73. The summed E-state index contributed by atoms with van der Waals surface area (Å²) in [6.45, 7) is 3.81. The van der Waals surface area contributed by atoms with E-state index < -0.39 is 0 Å². The van der Waals surface area contributed by atoms with E-state index in [0.717, 1.165) is 39.0 Å². The number of β-lactam (4-membered cyclic amide) rings is 1. The van der Waals surface area contributed by atoms with Crippen molar-refractivity contribution in [1.29, 1.82) is 0 Å². The highest BCUT2D eigenvalue weighted by molar-refractivity contribution is 5.88. The van der Waals surface area contributed by atoms with E-state index in [-0.39, 0.29) is 5.41 Å². The highest BCUT2D eigenvalue weighted by Crippen LogP contribution is 2.39. The summed E-state index contributed by atoms with van der Waals surface area (Å²) in [5.74, 6) is 0.331. The zero-order valence-electron chi connectivity index (χ0n) is 11.1. The van der Waals surface area contributed by atoms with Gasteiger partial charge in [0.15, 0.2) is 0 Å². The number of nitrogens with zero attached hydrogens (tertiary/aromatic N) is 4. The Bertz CT molecular complexity index is 465. The van der Waals surface area contributed by atoms with Gasteiger partial charge in [-0.1, -0.05) is 0 Å². The molecule has 0 aromatic carbocycles. The van der Waals surface area contributed by atoms with Crippen molar-refractivity contribution in [3.05, 3.63) is 18.2 Å². The van der Waals surface area contributed by atoms with Gasteiger partial charge in [0.1, 0.15) is 0 Å². The fraction of sp³-hybridized carbons (Fsp3) is 0.692. The Balaban J connectivity index is 1.68. The predicted octanol–water partition coefficient (Wildman–Crippen LogP) is 0.474. The maximum absolute atomic E-state index is 12.0. The van der Waals surface area contributed by atoms with Crippen LogP contribution in [0.2, 0.25) is 0 Å². The molecule has 1 aromatic heterocycles. The summed E-state index contributed by atoms with van der Waals surface area (Å²) in [5.41, 5.74) is 1.14. The van der Waals surface area contributed by atoms with E-state index in [1.54, 1.807) is 0 Å². The number of amides is 1. The second-order valence-electron chi connectivity index (χ2n) is 5.75. The second kappa shape index (κ2) is 4.09. The van der Waals surface area contributed by atoms with Gasteiger partial charge in [-0.3, -0.25) is 9.69 Å². The van der Waals surface area contributed by atoms with Gasteiger partial charge in [0.2, 0.25) is 5.91 Å². The topological polar surface area (TPSA) is 41.4 Å². The van der Waals surface area contributed by atoms with Crippen LogP contribution in [-0.2, 0) is 18.4 Å². The van der Waals surface area contributed by atoms with Crippen LogP contribution in [0.1, 0.15) is 18.5 Å². The van der Waals surface area contributed by atoms with Crippen LogP contribution in [0, 0.1) is 5.41 Å². The van der Waals surface area contributed by atoms with Gasteiger partial charge in [0.25, 0.3) is 0 Å². The van der Waals surface area contributed by atoms with Gasteiger partial charge in [-0.2, -0.15) is 0 Å². The monoisotopic (exact) mass is 248 g/mol. The molecule has 1 spiro atoms. The first-order valence-electron chi connectivity index (χ1n) is 6.54. The summed E-state index contributed by atoms with van der Waals surface area (Å²) in [7, 11) is 3.91. The van der Waals surface area contributed by atoms with Crippen molar-refractivity contribution in [2.45, 2.75) is 19.4 Å². The lowest BCUT2D eigenvalue weighted by atomic mass is 9.72. The van der Waals surface area contributed by atoms with E-state index >= 15 is 0 Å². The van der Waals surface area contributed by atoms with Gasteiger partial charge in [-0.05, 0) is 19.4 Å². The normalized spacial score (nSPS) is 28.8. The van der Waals surface area contributed by atoms with Gasteiger partial charge in [0, 0.05) is 39.9 Å². The molecule has 0 unspecified atom stereocenters. The zero-order chi connectivity index (χ0) is 12.8. The maximum Gasteiger partial charge on any atom is 0.231 e. The summed E-state index contributed by atoms with van der Waals surface area (Å²) in [6, 6.07) is 0. The molecule has 2 fully saturated rings. The highest BCUT2D eigenvalue weighted by atomic mass is 16.2. The van der Waals surface area contributed by atoms with Gasteiger partial charge < -0.3 is 9.47 Å². The zero-order valence-corrected chi connectivity index (χ0v) is 11.1. The Kier molecular flexibility index (Phi) is 2.66. The lowest BCUT2D eigenvalue weighted by Gasteiger charge is -2.52. The van der Waals surface area contributed by atoms with Crippen molar-refractivity contribution in [3.8, 4) is 0 Å². The first-order valence-corrected chi connectivity index (χ1v) is 6.54. The number of carbonyl (C=O) groups excluding carboxylic acids is 1. The number of aryl methyl sites for hydroxylation is 1. The molecule has 1 amide bonds. The molecular formula is C13H20N4O. The molecular weight excluding hydrogens is 228 g/mol. The third-order valence-corrected chi connectivity index (χ3v) is 4.30. The molecule has 2 saturated heterocycles. The molecule has 0 bridgehead atoms. The lowest BCUT2D eigenvalue weighted by Crippen LogP contribution is -2.65. The highest BCUT2D eigenvalue weighted by Gasteiger charge is 2.52. The standard InChI is InChI=1S/C13H20N4O/c1-15-8-13(12(15)18)4-3-5-17(9-13)7-11-6-14-10-16(11)2/h6,10H,3-5,7-9H2,1-2H3/t13-/m1/s1. The largest absolute Gasteiger partial charge is 0.344 e. The predicted molar refractivity (Wildman–Crippen MR) is 67.8 cm³/mol. The minimum absolute atomic E-state index is 0.0778. The Hall–Kier alpha value is -1.36. The van der Waals surface area contributed by atoms with Crippen LogP contribution in [0.4, 0.5) is 0 Å². The fourth-order valence-electron chi connectivity index (χ4n) is 3.34. The van der Waals surface area contributed by atoms with Crippen molar-refractivity contribution in [3.63, 3.8) is 0 Å². The second-order valence-corrected chi connectivity index (χ2v) is 5.75. The average molecular weight is 248 g/mol. The van der Waals surface area contributed by atoms with Crippen molar-refractivity contribution in [1.82, 2.24) is 19.4 Å². The molecule has 1 atom stereocenters. The van der Waals surface area contributed by atoms with Gasteiger partial charge in [-0.25, -0.2) is 4.98 Å². The molecule has 98 valence electrons. The molecule has 5 heteroatoms. The molecule has 5 nitrogen and oxygen atoms in total. The quantitative estimate of drug-likeness (QED) is 0.715. The van der Waals surface area contributed by atoms with E-state index in [4.69, 9.17) is 0 Å². The van der Waals surface area contributed by atoms with Crippen LogP contribution in [-0.4, -0.2) is 51.9 Å². The SMILES string of the molecule is CN1C[C@@]2(CCCN(Cc3cncn3C)C2)C1=O. The van der Waals surface area contributed by atoms with Crippen LogP contribution in [0.15, 0.2) is 12.5 Å². The molecule has 2 aliphatic heterocycles. The van der Waals surface area contributed by atoms with Gasteiger partial charge in [0.05, 0.1) is 17.4 Å². The third-order valence-electron chi connectivity index (χ3n) is 4.30. The number of imidazole rings is 1. The number of likely N-dealkylation sites (tertiary alicyclic amines) is 2. The van der Waals surface area contributed by atoms with Crippen LogP contribution in [0.3, 0.4) is 0 Å². The van der Waals surface area contributed by atoms with Gasteiger partial charge in [-0.15, -0.1) is 0 Å². The summed E-state index contributed by atoms with van der Waals surface area (Å²) in [4.78, 5) is 20.4. The van der Waals surface area contributed by atoms with Crippen molar-refractivity contribution < 1.29 is 4.79 Å². The molecule has 1 aromatic rings. The number of carbonyl (C=O) groups is 1. The molecule has 0 radical (unpaired) electrons. The maximum atomic E-state index is 12.0. The smallest absolute Gasteiger partial charge is 0.231 e. The molecule has 2 aliphatic rings. The Morgan fingerprint density at radius 3 is 2.83 bits per heavy atom. The summed E-state index contributed by atoms with van der Waals surface area (Å²) in [5, 5.41) is 0. The van der Waals surface area contributed by atoms with Crippen LogP contribution in [0.5, 0.6) is 0 Å². The van der Waals surface area contributed by atoms with E-state index in [9.17, 15) is 4.79 Å². The molecule has 0 N–H and O–H groups in total. The number of aromatic nitrogens is 2. The van der Waals surface area contributed by atoms with Gasteiger partial charge >= 0.3 is 0 Å². The van der Waals surface area contributed by atoms with Crippen LogP contribution in [0.25, 0.3) is 0 Å². The minimum Gasteiger partial charge on any atom is -0.344 e.